The number of aromatic nitrogens is 2. The lowest BCUT2D eigenvalue weighted by Gasteiger charge is -1.99. The summed E-state index contributed by atoms with van der Waals surface area (Å²) >= 11 is 1.12. The molecule has 0 aliphatic heterocycles. The van der Waals surface area contributed by atoms with Gasteiger partial charge in [0.05, 0.1) is 10.5 Å². The van der Waals surface area contributed by atoms with Crippen LogP contribution in [0.2, 0.25) is 0 Å². The number of carbonyl (C=O) groups is 1. The van der Waals surface area contributed by atoms with E-state index in [1.54, 1.807) is 19.2 Å². The van der Waals surface area contributed by atoms with Gasteiger partial charge in [-0.05, 0) is 24.3 Å². The Kier molecular flexibility index (Phi) is 3.52. The first-order chi connectivity index (χ1) is 8.97. The van der Waals surface area contributed by atoms with Crippen molar-refractivity contribution >= 4 is 23.4 Å². The molecule has 0 saturated heterocycles. The highest BCUT2D eigenvalue weighted by atomic mass is 32.2. The van der Waals surface area contributed by atoms with E-state index in [0.29, 0.717) is 4.90 Å². The Hall–Kier alpha value is -2.35. The topological polar surface area (TPSA) is 98.3 Å². The summed E-state index contributed by atoms with van der Waals surface area (Å²) in [4.78, 5) is 21.7. The second-order valence-electron chi connectivity index (χ2n) is 3.68. The molecule has 1 aromatic carbocycles. The Morgan fingerprint density at radius 2 is 2.05 bits per heavy atom. The van der Waals surface area contributed by atoms with Crippen LogP contribution < -0.4 is 0 Å². The third-order valence-corrected chi connectivity index (χ3v) is 3.28. The summed E-state index contributed by atoms with van der Waals surface area (Å²) in [6.45, 7) is 0. The summed E-state index contributed by atoms with van der Waals surface area (Å²) < 4.78 is 1.37. The second-order valence-corrected chi connectivity index (χ2v) is 4.74. The van der Waals surface area contributed by atoms with Crippen LogP contribution in [0.25, 0.3) is 0 Å². The number of aryl methyl sites for hydroxylation is 1. The predicted octanol–water partition coefficient (Wildman–Crippen LogP) is 2.18. The fourth-order valence-electron chi connectivity index (χ4n) is 1.43. The summed E-state index contributed by atoms with van der Waals surface area (Å²) in [5.74, 6) is -1.01. The zero-order valence-corrected chi connectivity index (χ0v) is 10.6. The maximum absolute atomic E-state index is 10.8. The summed E-state index contributed by atoms with van der Waals surface area (Å²) in [6.07, 6.45) is 1.33. The molecule has 0 atom stereocenters. The molecule has 0 unspecified atom stereocenters. The molecule has 7 nitrogen and oxygen atoms in total. The van der Waals surface area contributed by atoms with Crippen LogP contribution >= 0.6 is 11.8 Å². The fourth-order valence-corrected chi connectivity index (χ4v) is 2.33. The summed E-state index contributed by atoms with van der Waals surface area (Å²) in [7, 11) is 1.60. The summed E-state index contributed by atoms with van der Waals surface area (Å²) in [5, 5.41) is 23.9. The minimum Gasteiger partial charge on any atom is -0.478 e. The Morgan fingerprint density at radius 3 is 2.58 bits per heavy atom. The molecule has 0 fully saturated rings. The molecule has 0 amide bonds. The molecule has 2 rings (SSSR count). The van der Waals surface area contributed by atoms with Gasteiger partial charge in [0.15, 0.2) is 0 Å². The van der Waals surface area contributed by atoms with Gasteiger partial charge in [-0.25, -0.2) is 4.79 Å². The highest BCUT2D eigenvalue weighted by molar-refractivity contribution is 7.99. The normalized spacial score (nSPS) is 10.4. The van der Waals surface area contributed by atoms with Gasteiger partial charge >= 0.3 is 11.7 Å². The smallest absolute Gasteiger partial charge is 0.335 e. The third-order valence-electron chi connectivity index (χ3n) is 2.29. The van der Waals surface area contributed by atoms with Gasteiger partial charge in [-0.2, -0.15) is 5.10 Å². The van der Waals surface area contributed by atoms with E-state index in [9.17, 15) is 14.9 Å². The predicted molar refractivity (Wildman–Crippen MR) is 67.4 cm³/mol. The SMILES string of the molecule is Cn1cc([N+](=O)[O-])c(Sc2ccc(C(=O)O)cc2)n1. The molecule has 0 saturated carbocycles. The monoisotopic (exact) mass is 279 g/mol. The van der Waals surface area contributed by atoms with Crippen LogP contribution in [0.5, 0.6) is 0 Å². The lowest BCUT2D eigenvalue weighted by molar-refractivity contribution is -0.387. The minimum absolute atomic E-state index is 0.0742. The van der Waals surface area contributed by atoms with Crippen molar-refractivity contribution < 1.29 is 14.8 Å². The molecule has 1 aromatic heterocycles. The first-order valence-electron chi connectivity index (χ1n) is 5.16. The Bertz CT molecular complexity index is 636. The van der Waals surface area contributed by atoms with Crippen LogP contribution in [0.4, 0.5) is 5.69 Å². The van der Waals surface area contributed by atoms with Crippen molar-refractivity contribution in [1.29, 1.82) is 0 Å². The van der Waals surface area contributed by atoms with Crippen LogP contribution in [0.15, 0.2) is 40.4 Å². The molecule has 0 radical (unpaired) electrons. The zero-order chi connectivity index (χ0) is 14.0. The van der Waals surface area contributed by atoms with Gasteiger partial charge in [-0.3, -0.25) is 14.8 Å². The number of nitro groups is 1. The van der Waals surface area contributed by atoms with E-state index in [1.165, 1.54) is 23.0 Å². The molecule has 98 valence electrons. The number of aromatic carboxylic acids is 1. The van der Waals surface area contributed by atoms with Crippen molar-refractivity contribution in [3.8, 4) is 0 Å². The molecule has 1 N–H and O–H groups in total. The first kappa shape index (κ1) is 13.1. The van der Waals surface area contributed by atoms with Crippen LogP contribution in [0.3, 0.4) is 0 Å². The molecule has 19 heavy (non-hydrogen) atoms. The van der Waals surface area contributed by atoms with E-state index >= 15 is 0 Å². The van der Waals surface area contributed by atoms with Crippen LogP contribution in [-0.2, 0) is 7.05 Å². The van der Waals surface area contributed by atoms with Gasteiger partial charge < -0.3 is 5.11 Å². The van der Waals surface area contributed by atoms with E-state index in [4.69, 9.17) is 5.11 Å². The molecule has 8 heteroatoms. The average molecular weight is 279 g/mol. The fraction of sp³-hybridized carbons (Fsp3) is 0.0909. The van der Waals surface area contributed by atoms with Gasteiger partial charge in [0.1, 0.15) is 6.20 Å². The van der Waals surface area contributed by atoms with Crippen molar-refractivity contribution in [3.63, 3.8) is 0 Å². The van der Waals surface area contributed by atoms with Crippen molar-refractivity contribution in [1.82, 2.24) is 9.78 Å². The first-order valence-corrected chi connectivity index (χ1v) is 5.98. The van der Waals surface area contributed by atoms with Gasteiger partial charge in [-0.15, -0.1) is 0 Å². The number of nitrogens with zero attached hydrogens (tertiary/aromatic N) is 3. The van der Waals surface area contributed by atoms with E-state index in [0.717, 1.165) is 11.8 Å². The average Bonchev–Trinajstić information content (AvgIpc) is 2.71. The molecule has 0 spiro atoms. The molecule has 0 aliphatic rings. The number of benzene rings is 1. The number of rotatable bonds is 4. The third kappa shape index (κ3) is 2.91. The molecular weight excluding hydrogens is 270 g/mol. The standard InChI is InChI=1S/C11H9N3O4S/c1-13-6-9(14(17)18)10(12-13)19-8-4-2-7(3-5-8)11(15)16/h2-6H,1H3,(H,15,16). The Morgan fingerprint density at radius 1 is 1.42 bits per heavy atom. The lowest BCUT2D eigenvalue weighted by Crippen LogP contribution is -1.94. The molecule has 1 heterocycles. The van der Waals surface area contributed by atoms with Crippen LogP contribution in [0.1, 0.15) is 10.4 Å². The van der Waals surface area contributed by atoms with Gasteiger partial charge in [0.25, 0.3) is 0 Å². The van der Waals surface area contributed by atoms with E-state index in [-0.39, 0.29) is 16.3 Å². The Labute approximate surface area is 112 Å². The van der Waals surface area contributed by atoms with Gasteiger partial charge in [0.2, 0.25) is 5.03 Å². The zero-order valence-electron chi connectivity index (χ0n) is 9.81. The van der Waals surface area contributed by atoms with E-state index in [2.05, 4.69) is 5.10 Å². The van der Waals surface area contributed by atoms with Crippen molar-refractivity contribution in [2.45, 2.75) is 9.92 Å². The largest absolute Gasteiger partial charge is 0.478 e. The summed E-state index contributed by atoms with van der Waals surface area (Å²) in [5.41, 5.74) is 0.0923. The van der Waals surface area contributed by atoms with E-state index in [1.807, 2.05) is 0 Å². The Balaban J connectivity index is 2.26. The van der Waals surface area contributed by atoms with Crippen molar-refractivity contribution in [3.05, 3.63) is 46.1 Å². The molecule has 2 aromatic rings. The highest BCUT2D eigenvalue weighted by Gasteiger charge is 2.19. The van der Waals surface area contributed by atoms with Crippen LogP contribution in [-0.4, -0.2) is 25.8 Å². The van der Waals surface area contributed by atoms with Crippen molar-refractivity contribution in [2.75, 3.05) is 0 Å². The lowest BCUT2D eigenvalue weighted by atomic mass is 10.2. The van der Waals surface area contributed by atoms with E-state index < -0.39 is 10.9 Å². The second kappa shape index (κ2) is 5.11. The maximum Gasteiger partial charge on any atom is 0.335 e. The van der Waals surface area contributed by atoms with Crippen molar-refractivity contribution in [2.24, 2.45) is 7.05 Å². The quantitative estimate of drug-likeness (QED) is 0.680. The molecule has 0 aliphatic carbocycles. The number of hydrogen-bond acceptors (Lipinski definition) is 5. The molecular formula is C11H9N3O4S. The number of carboxylic acids is 1. The minimum atomic E-state index is -1.01. The van der Waals surface area contributed by atoms with Gasteiger partial charge in [0, 0.05) is 11.9 Å². The van der Waals surface area contributed by atoms with Gasteiger partial charge in [-0.1, -0.05) is 11.8 Å². The number of hydrogen-bond donors (Lipinski definition) is 1. The maximum atomic E-state index is 10.8. The van der Waals surface area contributed by atoms with Crippen LogP contribution in [0, 0.1) is 10.1 Å². The molecule has 0 bridgehead atoms. The number of carboxylic acid groups (broad SMARTS) is 1. The highest BCUT2D eigenvalue weighted by Crippen LogP contribution is 2.33. The summed E-state index contributed by atoms with van der Waals surface area (Å²) in [6, 6.07) is 6.07.